The molecular weight excluding hydrogens is 524 g/mol. The number of anilines is 2. The fourth-order valence-corrected chi connectivity index (χ4v) is 6.44. The molecule has 0 saturated carbocycles. The number of amides is 5. The molecule has 3 atom stereocenters. The molecule has 2 aromatic rings. The number of hydrogen-bond acceptors (Lipinski definition) is 5. The van der Waals surface area contributed by atoms with E-state index in [-0.39, 0.29) is 55.5 Å². The summed E-state index contributed by atoms with van der Waals surface area (Å²) in [6.07, 6.45) is 0.479. The Balaban J connectivity index is 1.31. The first-order chi connectivity index (χ1) is 19.0. The van der Waals surface area contributed by atoms with E-state index in [1.165, 1.54) is 0 Å². The van der Waals surface area contributed by atoms with Crippen LogP contribution in [0.3, 0.4) is 0 Å². The fraction of sp³-hybridized carbons (Fsp3) is 0.467. The van der Waals surface area contributed by atoms with Crippen molar-refractivity contribution in [2.45, 2.75) is 77.0 Å². The molecule has 212 valence electrons. The topological polar surface area (TPSA) is 90.5 Å². The predicted octanol–water partition coefficient (Wildman–Crippen LogP) is 4.70. The zero-order valence-electron chi connectivity index (χ0n) is 23.9. The van der Waals surface area contributed by atoms with Crippen molar-refractivity contribution in [1.29, 1.82) is 0 Å². The molecule has 0 N–H and O–H groups in total. The Morgan fingerprint density at radius 1 is 0.900 bits per heavy atom. The molecule has 5 rings (SSSR count). The highest BCUT2D eigenvalue weighted by molar-refractivity contribution is 6.76. The van der Waals surface area contributed by atoms with Crippen LogP contribution in [-0.4, -0.2) is 73.1 Å². The second-order valence-corrected chi connectivity index (χ2v) is 17.8. The monoisotopic (exact) mass is 562 g/mol. The number of carbonyl (C=O) groups is 4. The van der Waals surface area contributed by atoms with Crippen molar-refractivity contribution in [3.05, 3.63) is 59.7 Å². The van der Waals surface area contributed by atoms with Crippen LogP contribution in [0.5, 0.6) is 0 Å². The van der Waals surface area contributed by atoms with Crippen LogP contribution in [0.4, 0.5) is 16.2 Å². The summed E-state index contributed by atoms with van der Waals surface area (Å²) in [5.41, 5.74) is 2.87. The zero-order valence-corrected chi connectivity index (χ0v) is 24.9. The van der Waals surface area contributed by atoms with E-state index in [1.54, 1.807) is 26.8 Å². The molecule has 0 aliphatic carbocycles. The third-order valence-electron chi connectivity index (χ3n) is 8.23. The Bertz CT molecular complexity index is 1330. The molecule has 0 bridgehead atoms. The molecule has 0 spiro atoms. The average molecular weight is 563 g/mol. The molecule has 3 aliphatic heterocycles. The minimum absolute atomic E-state index is 0.0439. The van der Waals surface area contributed by atoms with Crippen LogP contribution in [0, 0.1) is 0 Å². The average Bonchev–Trinajstić information content (AvgIpc) is 3.34. The lowest BCUT2D eigenvalue weighted by atomic mass is 10.0. The van der Waals surface area contributed by atoms with Crippen LogP contribution in [0.2, 0.25) is 25.7 Å². The normalized spacial score (nSPS) is 23.5. The largest absolute Gasteiger partial charge is 0.361 e. The first-order valence-corrected chi connectivity index (χ1v) is 17.7. The molecule has 40 heavy (non-hydrogen) atoms. The van der Waals surface area contributed by atoms with E-state index >= 15 is 0 Å². The third kappa shape index (κ3) is 5.17. The van der Waals surface area contributed by atoms with Crippen LogP contribution < -0.4 is 9.80 Å². The highest BCUT2D eigenvalue weighted by Gasteiger charge is 2.45. The third-order valence-corrected chi connectivity index (χ3v) is 9.94. The van der Waals surface area contributed by atoms with Gasteiger partial charge >= 0.3 is 6.03 Å². The number of benzene rings is 2. The van der Waals surface area contributed by atoms with E-state index in [0.717, 1.165) is 27.9 Å². The van der Waals surface area contributed by atoms with Crippen molar-refractivity contribution >= 4 is 43.2 Å². The standard InChI is InChI=1S/C30H38N4O5Si/c1-20-21(2)34(30(38)33(20)23-9-7-6-8-10-23)24-11-12-25-22(17-24)18-31(28(25)36)26-13-14-27(35)32(29(26)37)19-39-15-16-40(3,4)5/h6-12,17,20-21,26H,13-16,18-19H2,1-5H3. The number of likely N-dealkylation sites (tertiary alicyclic amines) is 1. The molecule has 3 heterocycles. The van der Waals surface area contributed by atoms with Crippen molar-refractivity contribution in [3.8, 4) is 0 Å². The summed E-state index contributed by atoms with van der Waals surface area (Å²) in [7, 11) is -1.30. The lowest BCUT2D eigenvalue weighted by Gasteiger charge is -2.35. The second kappa shape index (κ2) is 10.8. The maximum Gasteiger partial charge on any atom is 0.329 e. The predicted molar refractivity (Wildman–Crippen MR) is 156 cm³/mol. The van der Waals surface area contributed by atoms with Gasteiger partial charge in [0.1, 0.15) is 12.8 Å². The van der Waals surface area contributed by atoms with Crippen molar-refractivity contribution in [2.75, 3.05) is 23.1 Å². The minimum Gasteiger partial charge on any atom is -0.361 e. The Labute approximate surface area is 236 Å². The van der Waals surface area contributed by atoms with Crippen LogP contribution in [0.15, 0.2) is 48.5 Å². The molecule has 10 heteroatoms. The number of hydrogen-bond donors (Lipinski definition) is 0. The van der Waals surface area contributed by atoms with Gasteiger partial charge in [-0.15, -0.1) is 0 Å². The number of nitrogens with zero attached hydrogens (tertiary/aromatic N) is 4. The summed E-state index contributed by atoms with van der Waals surface area (Å²) >= 11 is 0. The Kier molecular flexibility index (Phi) is 7.58. The molecule has 2 aromatic carbocycles. The summed E-state index contributed by atoms with van der Waals surface area (Å²) in [5.74, 6) is -0.880. The molecule has 3 unspecified atom stereocenters. The first kappa shape index (κ1) is 28.0. The maximum absolute atomic E-state index is 13.6. The molecule has 2 fully saturated rings. The number of rotatable bonds is 8. The quantitative estimate of drug-likeness (QED) is 0.264. The highest BCUT2D eigenvalue weighted by Crippen LogP contribution is 2.36. The van der Waals surface area contributed by atoms with Crippen LogP contribution in [-0.2, 0) is 20.9 Å². The van der Waals surface area contributed by atoms with Gasteiger partial charge in [-0.1, -0.05) is 37.8 Å². The van der Waals surface area contributed by atoms with Crippen molar-refractivity contribution in [3.63, 3.8) is 0 Å². The number of fused-ring (bicyclic) bond motifs is 1. The van der Waals surface area contributed by atoms with Gasteiger partial charge in [0, 0.05) is 44.6 Å². The Hall–Kier alpha value is -3.50. The minimum atomic E-state index is -1.30. The number of para-hydroxylation sites is 1. The van der Waals surface area contributed by atoms with Crippen LogP contribution in [0.1, 0.15) is 42.6 Å². The number of piperidine rings is 1. The second-order valence-electron chi connectivity index (χ2n) is 12.2. The number of ether oxygens (including phenoxy) is 1. The lowest BCUT2D eigenvalue weighted by Crippen LogP contribution is -2.55. The van der Waals surface area contributed by atoms with E-state index in [1.807, 2.05) is 50.2 Å². The van der Waals surface area contributed by atoms with E-state index in [4.69, 9.17) is 4.74 Å². The molecular formula is C30H38N4O5Si. The molecule has 2 saturated heterocycles. The summed E-state index contributed by atoms with van der Waals surface area (Å²) < 4.78 is 5.71. The van der Waals surface area contributed by atoms with Gasteiger partial charge in [0.2, 0.25) is 5.91 Å². The van der Waals surface area contributed by atoms with Gasteiger partial charge in [0.05, 0.1) is 12.1 Å². The number of urea groups is 1. The summed E-state index contributed by atoms with van der Waals surface area (Å²) in [6, 6.07) is 15.0. The van der Waals surface area contributed by atoms with Crippen LogP contribution in [0.25, 0.3) is 0 Å². The summed E-state index contributed by atoms with van der Waals surface area (Å²) in [4.78, 5) is 59.2. The molecule has 9 nitrogen and oxygen atoms in total. The number of carbonyl (C=O) groups excluding carboxylic acids is 4. The Morgan fingerprint density at radius 3 is 2.25 bits per heavy atom. The number of imide groups is 1. The fourth-order valence-electron chi connectivity index (χ4n) is 5.69. The summed E-state index contributed by atoms with van der Waals surface area (Å²) in [6.45, 7) is 11.5. The molecule has 3 aliphatic rings. The van der Waals surface area contributed by atoms with E-state index in [9.17, 15) is 19.2 Å². The van der Waals surface area contributed by atoms with Gasteiger partial charge in [-0.2, -0.15) is 0 Å². The molecule has 5 amide bonds. The van der Waals surface area contributed by atoms with Crippen molar-refractivity contribution in [1.82, 2.24) is 9.80 Å². The van der Waals surface area contributed by atoms with Gasteiger partial charge in [0.25, 0.3) is 11.8 Å². The SMILES string of the molecule is CC1C(C)N(c2ccc3c(c2)CN(C2CCC(=O)N(COCC[Si](C)(C)C)C2=O)C3=O)C(=O)N1c1ccccc1. The van der Waals surface area contributed by atoms with Crippen molar-refractivity contribution < 1.29 is 23.9 Å². The molecule has 0 radical (unpaired) electrons. The molecule has 0 aromatic heterocycles. The van der Waals surface area contributed by atoms with Crippen molar-refractivity contribution in [2.24, 2.45) is 0 Å². The van der Waals surface area contributed by atoms with Gasteiger partial charge in [-0.3, -0.25) is 29.1 Å². The zero-order chi connectivity index (χ0) is 28.8. The Morgan fingerprint density at radius 2 is 1.57 bits per heavy atom. The maximum atomic E-state index is 13.6. The lowest BCUT2D eigenvalue weighted by molar-refractivity contribution is -0.158. The smallest absolute Gasteiger partial charge is 0.329 e. The van der Waals surface area contributed by atoms with Gasteiger partial charge in [-0.05, 0) is 62.2 Å². The van der Waals surface area contributed by atoms with Gasteiger partial charge < -0.3 is 9.64 Å². The van der Waals surface area contributed by atoms with E-state index in [0.29, 0.717) is 18.6 Å². The summed E-state index contributed by atoms with van der Waals surface area (Å²) in [5, 5.41) is 0. The van der Waals surface area contributed by atoms with Crippen LogP contribution >= 0.6 is 0 Å². The first-order valence-electron chi connectivity index (χ1n) is 14.0. The van der Waals surface area contributed by atoms with Gasteiger partial charge in [0.15, 0.2) is 0 Å². The van der Waals surface area contributed by atoms with E-state index < -0.39 is 14.1 Å². The van der Waals surface area contributed by atoms with Gasteiger partial charge in [-0.25, -0.2) is 4.79 Å². The van der Waals surface area contributed by atoms with E-state index in [2.05, 4.69) is 19.6 Å². The highest BCUT2D eigenvalue weighted by atomic mass is 28.3.